The maximum absolute atomic E-state index is 13.2. The van der Waals surface area contributed by atoms with Crippen molar-refractivity contribution in [1.82, 2.24) is 0 Å². The second-order valence-corrected chi connectivity index (χ2v) is 12.3. The number of aliphatic hydroxyl groups is 1. The molecule has 2 aliphatic rings. The standard InChI is InChI=1S/C27H38O4S/c1-19-10-9-15-27(4,5)23(19)14-13-20(2)26(28)24-16-21(3)25(32(24,29)30)18-31-17-22-11-7-6-8-12-22/h6-8,11-13,16,24-26,28H,9-10,14-15,17-18H2,1-5H3/b20-13+. The number of sulfone groups is 1. The van der Waals surface area contributed by atoms with Gasteiger partial charge < -0.3 is 9.84 Å². The van der Waals surface area contributed by atoms with Crippen molar-refractivity contribution in [3.05, 3.63) is 70.3 Å². The molecule has 1 N–H and O–H groups in total. The molecule has 0 spiro atoms. The van der Waals surface area contributed by atoms with Crippen LogP contribution < -0.4 is 0 Å². The van der Waals surface area contributed by atoms with Gasteiger partial charge in [-0.1, -0.05) is 73.1 Å². The number of allylic oxidation sites excluding steroid dienone is 3. The number of rotatable bonds is 8. The van der Waals surface area contributed by atoms with Crippen LogP contribution in [-0.2, 0) is 21.2 Å². The van der Waals surface area contributed by atoms with Crippen LogP contribution in [0.15, 0.2) is 64.8 Å². The number of ether oxygens (including phenoxy) is 1. The Morgan fingerprint density at radius 3 is 2.59 bits per heavy atom. The molecule has 0 bridgehead atoms. The van der Waals surface area contributed by atoms with Crippen LogP contribution in [0.1, 0.15) is 65.9 Å². The van der Waals surface area contributed by atoms with Crippen LogP contribution in [0.25, 0.3) is 0 Å². The molecule has 1 heterocycles. The van der Waals surface area contributed by atoms with E-state index >= 15 is 0 Å². The van der Waals surface area contributed by atoms with E-state index in [0.717, 1.165) is 29.6 Å². The third kappa shape index (κ3) is 5.44. The third-order valence-electron chi connectivity index (χ3n) is 7.18. The molecule has 0 aromatic heterocycles. The number of hydrogen-bond acceptors (Lipinski definition) is 4. The summed E-state index contributed by atoms with van der Waals surface area (Å²) in [6, 6.07) is 9.72. The molecule has 0 amide bonds. The zero-order valence-electron chi connectivity index (χ0n) is 20.1. The molecule has 5 heteroatoms. The summed E-state index contributed by atoms with van der Waals surface area (Å²) in [6.45, 7) is 10.9. The van der Waals surface area contributed by atoms with E-state index in [4.69, 9.17) is 4.74 Å². The first-order valence-electron chi connectivity index (χ1n) is 11.6. The maximum atomic E-state index is 13.2. The van der Waals surface area contributed by atoms with Gasteiger partial charge in [0.15, 0.2) is 9.84 Å². The van der Waals surface area contributed by atoms with Gasteiger partial charge in [-0.05, 0) is 63.0 Å². The van der Waals surface area contributed by atoms with E-state index in [-0.39, 0.29) is 12.0 Å². The van der Waals surface area contributed by atoms with Gasteiger partial charge in [0.25, 0.3) is 0 Å². The van der Waals surface area contributed by atoms with E-state index < -0.39 is 26.4 Å². The monoisotopic (exact) mass is 458 g/mol. The summed E-state index contributed by atoms with van der Waals surface area (Å²) in [5.74, 6) is 0. The molecular formula is C27H38O4S. The van der Waals surface area contributed by atoms with Crippen LogP contribution >= 0.6 is 0 Å². The first-order chi connectivity index (χ1) is 15.0. The Kier molecular flexibility index (Phi) is 7.85. The van der Waals surface area contributed by atoms with Crippen molar-refractivity contribution in [2.45, 2.75) is 83.5 Å². The normalized spacial score (nSPS) is 26.2. The van der Waals surface area contributed by atoms with Crippen molar-refractivity contribution in [2.24, 2.45) is 5.41 Å². The quantitative estimate of drug-likeness (QED) is 0.520. The van der Waals surface area contributed by atoms with Crippen molar-refractivity contribution in [2.75, 3.05) is 6.61 Å². The molecule has 1 aliphatic carbocycles. The van der Waals surface area contributed by atoms with Crippen LogP contribution in [0.4, 0.5) is 0 Å². The molecule has 1 aliphatic heterocycles. The molecule has 4 nitrogen and oxygen atoms in total. The first-order valence-corrected chi connectivity index (χ1v) is 13.2. The SMILES string of the molecule is CC1=CC(C(O)/C(C)=C/CC2=C(C)CCCC2(C)C)S(=O)(=O)C1COCc1ccccc1. The van der Waals surface area contributed by atoms with Crippen molar-refractivity contribution in [1.29, 1.82) is 0 Å². The van der Waals surface area contributed by atoms with Gasteiger partial charge in [-0.3, -0.25) is 0 Å². The molecule has 3 unspecified atom stereocenters. The summed E-state index contributed by atoms with van der Waals surface area (Å²) in [4.78, 5) is 0. The second-order valence-electron chi connectivity index (χ2n) is 10.0. The molecule has 3 atom stereocenters. The first kappa shape index (κ1) is 24.9. The van der Waals surface area contributed by atoms with Gasteiger partial charge in [0.1, 0.15) is 10.5 Å². The summed E-state index contributed by atoms with van der Waals surface area (Å²) < 4.78 is 32.2. The molecular weight excluding hydrogens is 420 g/mol. The van der Waals surface area contributed by atoms with Crippen LogP contribution in [0.2, 0.25) is 0 Å². The number of benzene rings is 1. The lowest BCUT2D eigenvalue weighted by Gasteiger charge is -2.34. The highest BCUT2D eigenvalue weighted by Gasteiger charge is 2.44. The van der Waals surface area contributed by atoms with Crippen molar-refractivity contribution >= 4 is 9.84 Å². The van der Waals surface area contributed by atoms with Gasteiger partial charge in [-0.2, -0.15) is 0 Å². The summed E-state index contributed by atoms with van der Waals surface area (Å²) in [7, 11) is -3.57. The number of aliphatic hydroxyl groups excluding tert-OH is 1. The highest BCUT2D eigenvalue weighted by atomic mass is 32.2. The van der Waals surface area contributed by atoms with Crippen LogP contribution in [0.5, 0.6) is 0 Å². The van der Waals surface area contributed by atoms with Gasteiger partial charge in [-0.25, -0.2) is 8.42 Å². The maximum Gasteiger partial charge on any atom is 0.168 e. The molecule has 0 saturated heterocycles. The number of hydrogen-bond donors (Lipinski definition) is 1. The molecule has 32 heavy (non-hydrogen) atoms. The predicted octanol–water partition coefficient (Wildman–Crippen LogP) is 5.54. The predicted molar refractivity (Wildman–Crippen MR) is 131 cm³/mol. The molecule has 176 valence electrons. The smallest absolute Gasteiger partial charge is 0.168 e. The van der Waals surface area contributed by atoms with Gasteiger partial charge in [0.05, 0.1) is 19.3 Å². The van der Waals surface area contributed by atoms with Crippen molar-refractivity contribution in [3.8, 4) is 0 Å². The topological polar surface area (TPSA) is 63.6 Å². The summed E-state index contributed by atoms with van der Waals surface area (Å²) in [5.41, 5.74) is 5.48. The highest BCUT2D eigenvalue weighted by molar-refractivity contribution is 7.93. The Labute approximate surface area is 194 Å². The average Bonchev–Trinajstić information content (AvgIpc) is 2.96. The van der Waals surface area contributed by atoms with E-state index in [2.05, 4.69) is 20.8 Å². The van der Waals surface area contributed by atoms with Crippen molar-refractivity contribution in [3.63, 3.8) is 0 Å². The summed E-state index contributed by atoms with van der Waals surface area (Å²) in [5, 5.41) is 9.34. The van der Waals surface area contributed by atoms with E-state index in [9.17, 15) is 13.5 Å². The zero-order valence-corrected chi connectivity index (χ0v) is 20.9. The Morgan fingerprint density at radius 2 is 1.94 bits per heavy atom. The minimum absolute atomic E-state index is 0.103. The van der Waals surface area contributed by atoms with E-state index in [1.165, 1.54) is 24.0 Å². The molecule has 1 aromatic rings. The van der Waals surface area contributed by atoms with E-state index in [0.29, 0.717) is 6.61 Å². The fourth-order valence-corrected chi connectivity index (χ4v) is 7.27. The lowest BCUT2D eigenvalue weighted by molar-refractivity contribution is 0.125. The average molecular weight is 459 g/mol. The van der Waals surface area contributed by atoms with Crippen molar-refractivity contribution < 1.29 is 18.3 Å². The highest BCUT2D eigenvalue weighted by Crippen LogP contribution is 2.42. The summed E-state index contributed by atoms with van der Waals surface area (Å²) in [6.07, 6.45) is 6.96. The lowest BCUT2D eigenvalue weighted by atomic mass is 9.71. The molecule has 1 aromatic carbocycles. The minimum atomic E-state index is -3.57. The van der Waals surface area contributed by atoms with Crippen LogP contribution in [0, 0.1) is 5.41 Å². The molecule has 3 rings (SSSR count). The Balaban J connectivity index is 1.67. The second kappa shape index (κ2) is 10.1. The van der Waals surface area contributed by atoms with Crippen LogP contribution in [-0.4, -0.2) is 36.7 Å². The minimum Gasteiger partial charge on any atom is -0.387 e. The van der Waals surface area contributed by atoms with E-state index in [1.807, 2.05) is 50.3 Å². The molecule has 0 saturated carbocycles. The fourth-order valence-electron chi connectivity index (χ4n) is 5.03. The largest absolute Gasteiger partial charge is 0.387 e. The third-order valence-corrected chi connectivity index (χ3v) is 9.64. The molecule has 0 fully saturated rings. The Hall–Kier alpha value is -1.69. The van der Waals surface area contributed by atoms with Crippen LogP contribution in [0.3, 0.4) is 0 Å². The lowest BCUT2D eigenvalue weighted by Crippen LogP contribution is -2.37. The Bertz CT molecular complexity index is 999. The summed E-state index contributed by atoms with van der Waals surface area (Å²) >= 11 is 0. The van der Waals surface area contributed by atoms with Gasteiger partial charge >= 0.3 is 0 Å². The van der Waals surface area contributed by atoms with E-state index in [1.54, 1.807) is 6.08 Å². The zero-order chi connectivity index (χ0) is 23.5. The fraction of sp³-hybridized carbons (Fsp3) is 0.556. The van der Waals surface area contributed by atoms with Gasteiger partial charge in [0, 0.05) is 0 Å². The molecule has 0 radical (unpaired) electrons. The van der Waals surface area contributed by atoms with Gasteiger partial charge in [-0.15, -0.1) is 0 Å². The van der Waals surface area contributed by atoms with Gasteiger partial charge in [0.2, 0.25) is 0 Å². The Morgan fingerprint density at radius 1 is 1.25 bits per heavy atom.